The van der Waals surface area contributed by atoms with Gasteiger partial charge in [-0.05, 0) is 68.2 Å². The molecule has 0 radical (unpaired) electrons. The highest BCUT2D eigenvalue weighted by molar-refractivity contribution is 7.89. The van der Waals surface area contributed by atoms with Gasteiger partial charge in [0, 0.05) is 6.04 Å². The molecule has 0 bridgehead atoms. The first kappa shape index (κ1) is 19.3. The van der Waals surface area contributed by atoms with Gasteiger partial charge in [0.05, 0.1) is 11.5 Å². The molecule has 24 heavy (non-hydrogen) atoms. The summed E-state index contributed by atoms with van der Waals surface area (Å²) in [4.78, 5) is 0.307. The van der Waals surface area contributed by atoms with Crippen molar-refractivity contribution in [3.8, 4) is 5.75 Å². The first-order valence-electron chi connectivity index (χ1n) is 9.03. The van der Waals surface area contributed by atoms with Crippen molar-refractivity contribution in [3.63, 3.8) is 0 Å². The van der Waals surface area contributed by atoms with Crippen LogP contribution in [0, 0.1) is 11.3 Å². The number of rotatable bonds is 7. The van der Waals surface area contributed by atoms with E-state index in [1.807, 2.05) is 6.92 Å². The van der Waals surface area contributed by atoms with E-state index >= 15 is 0 Å². The molecule has 1 aliphatic carbocycles. The third-order valence-electron chi connectivity index (χ3n) is 5.51. The molecule has 1 N–H and O–H groups in total. The standard InChI is InChI=1S/C19H31NO3S/c1-5-19(3,4)15-7-9-16(10-8-15)20-24(21,22)18-13-11-17(12-14-18)23-6-2/h11-16,20H,5-10H2,1-4H3. The highest BCUT2D eigenvalue weighted by Crippen LogP contribution is 2.40. The summed E-state index contributed by atoms with van der Waals surface area (Å²) in [7, 11) is -3.46. The zero-order valence-corrected chi connectivity index (χ0v) is 16.2. The Morgan fingerprint density at radius 3 is 2.17 bits per heavy atom. The Bertz CT molecular complexity index is 615. The molecule has 0 aromatic heterocycles. The van der Waals surface area contributed by atoms with Crippen LogP contribution in [-0.4, -0.2) is 21.1 Å². The van der Waals surface area contributed by atoms with Gasteiger partial charge in [0.25, 0.3) is 0 Å². The average molecular weight is 354 g/mol. The third kappa shape index (κ3) is 4.73. The van der Waals surface area contributed by atoms with Crippen LogP contribution in [0.4, 0.5) is 0 Å². The topological polar surface area (TPSA) is 55.4 Å². The number of benzene rings is 1. The van der Waals surface area contributed by atoms with Crippen molar-refractivity contribution in [2.45, 2.75) is 70.7 Å². The predicted molar refractivity (Wildman–Crippen MR) is 97.8 cm³/mol. The summed E-state index contributed by atoms with van der Waals surface area (Å²) in [5, 5.41) is 0. The summed E-state index contributed by atoms with van der Waals surface area (Å²) in [5.74, 6) is 1.38. The lowest BCUT2D eigenvalue weighted by Crippen LogP contribution is -2.39. The van der Waals surface area contributed by atoms with Crippen LogP contribution in [0.1, 0.15) is 59.8 Å². The van der Waals surface area contributed by atoms with Crippen LogP contribution < -0.4 is 9.46 Å². The second-order valence-corrected chi connectivity index (χ2v) is 9.13. The first-order valence-corrected chi connectivity index (χ1v) is 10.5. The fourth-order valence-corrected chi connectivity index (χ4v) is 4.76. The molecule has 1 aromatic rings. The van der Waals surface area contributed by atoms with Crippen molar-refractivity contribution in [1.29, 1.82) is 0 Å². The van der Waals surface area contributed by atoms with Crippen molar-refractivity contribution in [1.82, 2.24) is 4.72 Å². The van der Waals surface area contributed by atoms with E-state index < -0.39 is 10.0 Å². The second-order valence-electron chi connectivity index (χ2n) is 7.42. The molecule has 0 heterocycles. The minimum Gasteiger partial charge on any atom is -0.494 e. The molecule has 0 unspecified atom stereocenters. The van der Waals surface area contributed by atoms with E-state index in [1.54, 1.807) is 24.3 Å². The molecule has 0 aliphatic heterocycles. The van der Waals surface area contributed by atoms with E-state index in [0.717, 1.165) is 25.7 Å². The lowest BCUT2D eigenvalue weighted by Gasteiger charge is -2.39. The minimum atomic E-state index is -3.46. The van der Waals surface area contributed by atoms with Crippen molar-refractivity contribution in [3.05, 3.63) is 24.3 Å². The summed E-state index contributed by atoms with van der Waals surface area (Å²) in [6.07, 6.45) is 5.20. The molecule has 0 spiro atoms. The highest BCUT2D eigenvalue weighted by atomic mass is 32.2. The van der Waals surface area contributed by atoms with Crippen LogP contribution in [0.5, 0.6) is 5.75 Å². The lowest BCUT2D eigenvalue weighted by atomic mass is 9.69. The largest absolute Gasteiger partial charge is 0.494 e. The van der Waals surface area contributed by atoms with E-state index in [-0.39, 0.29) is 6.04 Å². The first-order chi connectivity index (χ1) is 11.3. The van der Waals surface area contributed by atoms with E-state index in [2.05, 4.69) is 25.5 Å². The molecule has 136 valence electrons. The van der Waals surface area contributed by atoms with Gasteiger partial charge in [-0.15, -0.1) is 0 Å². The Labute approximate surface area is 147 Å². The highest BCUT2D eigenvalue weighted by Gasteiger charge is 2.33. The molecule has 0 atom stereocenters. The van der Waals surface area contributed by atoms with Crippen molar-refractivity contribution >= 4 is 10.0 Å². The molecule has 1 fully saturated rings. The number of hydrogen-bond acceptors (Lipinski definition) is 3. The van der Waals surface area contributed by atoms with Gasteiger partial charge in [-0.3, -0.25) is 0 Å². The molecular weight excluding hydrogens is 322 g/mol. The number of ether oxygens (including phenoxy) is 1. The summed E-state index contributed by atoms with van der Waals surface area (Å²) < 4.78 is 33.4. The minimum absolute atomic E-state index is 0.0467. The van der Waals surface area contributed by atoms with Gasteiger partial charge >= 0.3 is 0 Å². The maximum atomic E-state index is 12.6. The quantitative estimate of drug-likeness (QED) is 0.792. The van der Waals surface area contributed by atoms with E-state index in [0.29, 0.717) is 28.6 Å². The van der Waals surface area contributed by atoms with Crippen molar-refractivity contribution in [2.24, 2.45) is 11.3 Å². The fraction of sp³-hybridized carbons (Fsp3) is 0.684. The Morgan fingerprint density at radius 1 is 1.08 bits per heavy atom. The number of hydrogen-bond donors (Lipinski definition) is 1. The van der Waals surface area contributed by atoms with E-state index in [1.165, 1.54) is 6.42 Å². The summed E-state index contributed by atoms with van der Waals surface area (Å²) >= 11 is 0. The average Bonchev–Trinajstić information content (AvgIpc) is 2.56. The van der Waals surface area contributed by atoms with Gasteiger partial charge in [0.1, 0.15) is 5.75 Å². The van der Waals surface area contributed by atoms with Crippen LogP contribution in [0.3, 0.4) is 0 Å². The van der Waals surface area contributed by atoms with Crippen LogP contribution in [0.25, 0.3) is 0 Å². The molecule has 4 nitrogen and oxygen atoms in total. The molecule has 1 aliphatic rings. The van der Waals surface area contributed by atoms with Gasteiger partial charge in [-0.2, -0.15) is 0 Å². The van der Waals surface area contributed by atoms with Gasteiger partial charge < -0.3 is 4.74 Å². The molecule has 0 saturated heterocycles. The summed E-state index contributed by atoms with van der Waals surface area (Å²) in [6.45, 7) is 9.36. The number of sulfonamides is 1. The maximum absolute atomic E-state index is 12.6. The zero-order chi connectivity index (χ0) is 17.8. The molecular formula is C19H31NO3S. The number of nitrogens with one attached hydrogen (secondary N) is 1. The van der Waals surface area contributed by atoms with Crippen LogP contribution >= 0.6 is 0 Å². The molecule has 1 aromatic carbocycles. The molecule has 5 heteroatoms. The predicted octanol–water partition coefficient (Wildman–Crippen LogP) is 4.36. The molecule has 1 saturated carbocycles. The van der Waals surface area contributed by atoms with Gasteiger partial charge in [0.2, 0.25) is 10.0 Å². The van der Waals surface area contributed by atoms with Gasteiger partial charge in [-0.25, -0.2) is 13.1 Å². The summed E-state index contributed by atoms with van der Waals surface area (Å²) in [5.41, 5.74) is 0.346. The fourth-order valence-electron chi connectivity index (χ4n) is 3.45. The van der Waals surface area contributed by atoms with Crippen LogP contribution in [0.15, 0.2) is 29.2 Å². The van der Waals surface area contributed by atoms with Gasteiger partial charge in [-0.1, -0.05) is 27.2 Å². The monoisotopic (exact) mass is 353 g/mol. The summed E-state index contributed by atoms with van der Waals surface area (Å²) in [6, 6.07) is 6.68. The molecule has 2 rings (SSSR count). The zero-order valence-electron chi connectivity index (χ0n) is 15.3. The van der Waals surface area contributed by atoms with Crippen molar-refractivity contribution < 1.29 is 13.2 Å². The Balaban J connectivity index is 1.96. The van der Waals surface area contributed by atoms with E-state index in [4.69, 9.17) is 4.74 Å². The maximum Gasteiger partial charge on any atom is 0.240 e. The third-order valence-corrected chi connectivity index (χ3v) is 7.05. The Morgan fingerprint density at radius 2 is 1.67 bits per heavy atom. The van der Waals surface area contributed by atoms with Crippen LogP contribution in [0.2, 0.25) is 0 Å². The molecule has 0 amide bonds. The van der Waals surface area contributed by atoms with E-state index in [9.17, 15) is 8.42 Å². The smallest absolute Gasteiger partial charge is 0.240 e. The lowest BCUT2D eigenvalue weighted by molar-refractivity contribution is 0.142. The Hall–Kier alpha value is -1.07. The SMILES string of the molecule is CCOc1ccc(S(=O)(=O)NC2CCC(C(C)(C)CC)CC2)cc1. The van der Waals surface area contributed by atoms with Crippen LogP contribution in [-0.2, 0) is 10.0 Å². The normalized spacial score (nSPS) is 22.3. The van der Waals surface area contributed by atoms with Gasteiger partial charge in [0.15, 0.2) is 0 Å². The second kappa shape index (κ2) is 7.87. The van der Waals surface area contributed by atoms with Crippen molar-refractivity contribution in [2.75, 3.05) is 6.61 Å². The Kier molecular flexibility index (Phi) is 6.32.